The normalized spacial score (nSPS) is 22.9. The van der Waals surface area contributed by atoms with E-state index in [4.69, 9.17) is 0 Å². The minimum atomic E-state index is -4.44. The SMILES string of the molecule is O=C(CC(F)(F)F)N1CCC[C@@H](c2nccn2CC2CC2)C1. The van der Waals surface area contributed by atoms with Crippen LogP contribution < -0.4 is 0 Å². The summed E-state index contributed by atoms with van der Waals surface area (Å²) in [7, 11) is 0. The molecule has 1 saturated carbocycles. The van der Waals surface area contributed by atoms with Crippen molar-refractivity contribution in [2.75, 3.05) is 13.1 Å². The van der Waals surface area contributed by atoms with Gasteiger partial charge < -0.3 is 9.47 Å². The first-order valence-corrected chi connectivity index (χ1v) is 7.78. The molecule has 3 rings (SSSR count). The number of carbonyl (C=O) groups excluding carboxylic acids is 1. The summed E-state index contributed by atoms with van der Waals surface area (Å²) in [6.45, 7) is 1.69. The molecular formula is C15H20F3N3O. The van der Waals surface area contributed by atoms with Gasteiger partial charge in [0.15, 0.2) is 0 Å². The van der Waals surface area contributed by atoms with E-state index in [1.807, 2.05) is 6.20 Å². The first kappa shape index (κ1) is 15.4. The zero-order valence-corrected chi connectivity index (χ0v) is 12.4. The number of alkyl halides is 3. The molecule has 2 heterocycles. The molecule has 1 aliphatic heterocycles. The first-order valence-electron chi connectivity index (χ1n) is 7.78. The van der Waals surface area contributed by atoms with Crippen LogP contribution in [0.15, 0.2) is 12.4 Å². The standard InChI is InChI=1S/C15H20F3N3O/c16-15(17,18)8-13(22)20-6-1-2-12(10-20)14-19-5-7-21(14)9-11-3-4-11/h5,7,11-12H,1-4,6,8-10H2/t12-/m1/s1. The third-order valence-electron chi connectivity index (χ3n) is 4.39. The van der Waals surface area contributed by atoms with Gasteiger partial charge in [-0.3, -0.25) is 4.79 Å². The van der Waals surface area contributed by atoms with E-state index < -0.39 is 18.5 Å². The van der Waals surface area contributed by atoms with Crippen molar-refractivity contribution in [3.63, 3.8) is 0 Å². The van der Waals surface area contributed by atoms with Crippen molar-refractivity contribution < 1.29 is 18.0 Å². The van der Waals surface area contributed by atoms with Gasteiger partial charge in [0, 0.05) is 37.9 Å². The summed E-state index contributed by atoms with van der Waals surface area (Å²) < 4.78 is 39.3. The molecule has 2 fully saturated rings. The number of rotatable bonds is 4. The van der Waals surface area contributed by atoms with E-state index in [1.165, 1.54) is 17.7 Å². The van der Waals surface area contributed by atoms with Gasteiger partial charge >= 0.3 is 6.18 Å². The molecule has 1 aliphatic carbocycles. The molecule has 4 nitrogen and oxygen atoms in total. The Balaban J connectivity index is 1.65. The fourth-order valence-electron chi connectivity index (χ4n) is 3.11. The molecule has 1 atom stereocenters. The summed E-state index contributed by atoms with van der Waals surface area (Å²) in [5.41, 5.74) is 0. The quantitative estimate of drug-likeness (QED) is 0.857. The summed E-state index contributed by atoms with van der Waals surface area (Å²) >= 11 is 0. The zero-order valence-electron chi connectivity index (χ0n) is 12.4. The van der Waals surface area contributed by atoms with Crippen LogP contribution in [0.25, 0.3) is 0 Å². The van der Waals surface area contributed by atoms with Crippen LogP contribution in [0.5, 0.6) is 0 Å². The van der Waals surface area contributed by atoms with E-state index in [1.54, 1.807) is 6.20 Å². The molecule has 1 saturated heterocycles. The Bertz CT molecular complexity index is 536. The van der Waals surface area contributed by atoms with Gasteiger partial charge in [0.1, 0.15) is 12.2 Å². The number of carbonyl (C=O) groups is 1. The Morgan fingerprint density at radius 1 is 1.32 bits per heavy atom. The average Bonchev–Trinajstić information content (AvgIpc) is 3.13. The molecule has 0 bridgehead atoms. The summed E-state index contributed by atoms with van der Waals surface area (Å²) in [6, 6.07) is 0. The number of hydrogen-bond acceptors (Lipinski definition) is 2. The van der Waals surface area contributed by atoms with Crippen molar-refractivity contribution in [1.29, 1.82) is 0 Å². The maximum absolute atomic E-state index is 12.4. The monoisotopic (exact) mass is 315 g/mol. The second-order valence-corrected chi connectivity index (χ2v) is 6.35. The lowest BCUT2D eigenvalue weighted by molar-refractivity contribution is -0.162. The Morgan fingerprint density at radius 2 is 2.09 bits per heavy atom. The summed E-state index contributed by atoms with van der Waals surface area (Å²) in [4.78, 5) is 17.5. The topological polar surface area (TPSA) is 38.1 Å². The fraction of sp³-hybridized carbons (Fsp3) is 0.733. The van der Waals surface area contributed by atoms with Crippen molar-refractivity contribution in [2.45, 2.75) is 50.7 Å². The number of piperidine rings is 1. The molecule has 2 aliphatic rings. The lowest BCUT2D eigenvalue weighted by atomic mass is 9.96. The predicted molar refractivity (Wildman–Crippen MR) is 74.2 cm³/mol. The molecule has 1 amide bonds. The molecule has 0 aromatic carbocycles. The van der Waals surface area contributed by atoms with Crippen LogP contribution in [0.1, 0.15) is 43.8 Å². The molecule has 0 N–H and O–H groups in total. The van der Waals surface area contributed by atoms with E-state index >= 15 is 0 Å². The van der Waals surface area contributed by atoms with Gasteiger partial charge in [-0.2, -0.15) is 13.2 Å². The molecular weight excluding hydrogens is 295 g/mol. The number of hydrogen-bond donors (Lipinski definition) is 0. The molecule has 0 unspecified atom stereocenters. The third kappa shape index (κ3) is 3.81. The van der Waals surface area contributed by atoms with Gasteiger partial charge in [0.25, 0.3) is 0 Å². The Hall–Kier alpha value is -1.53. The van der Waals surface area contributed by atoms with E-state index in [9.17, 15) is 18.0 Å². The highest BCUT2D eigenvalue weighted by atomic mass is 19.4. The smallest absolute Gasteiger partial charge is 0.342 e. The molecule has 0 radical (unpaired) electrons. The Kier molecular flexibility index (Phi) is 4.14. The Labute approximate surface area is 127 Å². The summed E-state index contributed by atoms with van der Waals surface area (Å²) in [5, 5.41) is 0. The fourth-order valence-corrected chi connectivity index (χ4v) is 3.11. The van der Waals surface area contributed by atoms with Crippen molar-refractivity contribution in [2.24, 2.45) is 5.92 Å². The molecule has 0 spiro atoms. The first-order chi connectivity index (χ1) is 10.4. The second kappa shape index (κ2) is 5.93. The predicted octanol–water partition coefficient (Wildman–Crippen LogP) is 2.95. The summed E-state index contributed by atoms with van der Waals surface area (Å²) in [5.74, 6) is 0.841. The number of aromatic nitrogens is 2. The number of halogens is 3. The Morgan fingerprint density at radius 3 is 2.77 bits per heavy atom. The van der Waals surface area contributed by atoms with Gasteiger partial charge in [0.05, 0.1) is 0 Å². The van der Waals surface area contributed by atoms with Crippen molar-refractivity contribution in [3.8, 4) is 0 Å². The van der Waals surface area contributed by atoms with Gasteiger partial charge in [0.2, 0.25) is 5.91 Å². The third-order valence-corrected chi connectivity index (χ3v) is 4.39. The van der Waals surface area contributed by atoms with Crippen LogP contribution in [-0.4, -0.2) is 39.6 Å². The van der Waals surface area contributed by atoms with Crippen molar-refractivity contribution in [3.05, 3.63) is 18.2 Å². The van der Waals surface area contributed by atoms with E-state index in [0.29, 0.717) is 19.0 Å². The minimum absolute atomic E-state index is 0.0414. The number of nitrogens with zero attached hydrogens (tertiary/aromatic N) is 3. The van der Waals surface area contributed by atoms with Crippen LogP contribution in [0.3, 0.4) is 0 Å². The molecule has 1 aromatic heterocycles. The van der Waals surface area contributed by atoms with Gasteiger partial charge in [-0.15, -0.1) is 0 Å². The van der Waals surface area contributed by atoms with Gasteiger partial charge in [-0.1, -0.05) is 0 Å². The zero-order chi connectivity index (χ0) is 15.7. The molecule has 1 aromatic rings. The number of imidazole rings is 1. The van der Waals surface area contributed by atoms with Crippen LogP contribution in [-0.2, 0) is 11.3 Å². The highest BCUT2D eigenvalue weighted by Gasteiger charge is 2.36. The largest absolute Gasteiger partial charge is 0.397 e. The molecule has 22 heavy (non-hydrogen) atoms. The molecule has 122 valence electrons. The highest BCUT2D eigenvalue weighted by molar-refractivity contribution is 5.77. The van der Waals surface area contributed by atoms with Crippen molar-refractivity contribution in [1.82, 2.24) is 14.5 Å². The number of likely N-dealkylation sites (tertiary alicyclic amines) is 1. The highest BCUT2D eigenvalue weighted by Crippen LogP contribution is 2.33. The lowest BCUT2D eigenvalue weighted by Crippen LogP contribution is -2.41. The van der Waals surface area contributed by atoms with E-state index in [-0.39, 0.29) is 5.92 Å². The van der Waals surface area contributed by atoms with Crippen LogP contribution in [0.2, 0.25) is 0 Å². The van der Waals surface area contributed by atoms with E-state index in [0.717, 1.165) is 25.2 Å². The van der Waals surface area contributed by atoms with Gasteiger partial charge in [-0.05, 0) is 31.6 Å². The van der Waals surface area contributed by atoms with Crippen LogP contribution in [0, 0.1) is 5.92 Å². The second-order valence-electron chi connectivity index (χ2n) is 6.35. The van der Waals surface area contributed by atoms with Crippen LogP contribution >= 0.6 is 0 Å². The maximum atomic E-state index is 12.4. The summed E-state index contributed by atoms with van der Waals surface area (Å²) in [6.07, 6.45) is 1.95. The average molecular weight is 315 g/mol. The maximum Gasteiger partial charge on any atom is 0.397 e. The van der Waals surface area contributed by atoms with Crippen LogP contribution in [0.4, 0.5) is 13.2 Å². The van der Waals surface area contributed by atoms with E-state index in [2.05, 4.69) is 9.55 Å². The number of amides is 1. The minimum Gasteiger partial charge on any atom is -0.342 e. The van der Waals surface area contributed by atoms with Gasteiger partial charge in [-0.25, -0.2) is 4.98 Å². The van der Waals surface area contributed by atoms with Crippen molar-refractivity contribution >= 4 is 5.91 Å². The lowest BCUT2D eigenvalue weighted by Gasteiger charge is -2.33. The molecule has 7 heteroatoms.